The number of tetrazole rings is 1. The third-order valence-corrected chi connectivity index (χ3v) is 2.25. The van der Waals surface area contributed by atoms with Gasteiger partial charge in [0.05, 0.1) is 5.56 Å². The summed E-state index contributed by atoms with van der Waals surface area (Å²) < 4.78 is 66.3. The molecule has 1 aromatic carbocycles. The first-order valence-corrected chi connectivity index (χ1v) is 4.84. The van der Waals surface area contributed by atoms with Crippen LogP contribution in [0.25, 0.3) is 11.4 Å². The van der Waals surface area contributed by atoms with E-state index in [1.165, 1.54) is 0 Å². The molecule has 6 nitrogen and oxygen atoms in total. The fourth-order valence-electron chi connectivity index (χ4n) is 1.42. The van der Waals surface area contributed by atoms with E-state index >= 15 is 0 Å². The first-order chi connectivity index (χ1) is 9.34. The van der Waals surface area contributed by atoms with Crippen molar-refractivity contribution in [2.75, 3.05) is 0 Å². The standard InChI is InChI=1S/C9H3F5N4O2/c10-4-3(5(11)7(13)8(14)6(4)12)9-15-16-17-18(9)1-2(19)20/h1H2,(H,19,20). The van der Waals surface area contributed by atoms with Crippen LogP contribution in [-0.2, 0) is 11.3 Å². The maximum Gasteiger partial charge on any atom is 0.325 e. The fourth-order valence-corrected chi connectivity index (χ4v) is 1.42. The van der Waals surface area contributed by atoms with Crippen molar-refractivity contribution in [3.63, 3.8) is 0 Å². The molecule has 1 aromatic heterocycles. The van der Waals surface area contributed by atoms with Crippen LogP contribution in [0.2, 0.25) is 0 Å². The minimum absolute atomic E-state index is 0.389. The van der Waals surface area contributed by atoms with Crippen LogP contribution in [0.15, 0.2) is 0 Å². The molecule has 2 rings (SSSR count). The van der Waals surface area contributed by atoms with E-state index in [0.29, 0.717) is 4.68 Å². The van der Waals surface area contributed by atoms with Crippen LogP contribution >= 0.6 is 0 Å². The summed E-state index contributed by atoms with van der Waals surface area (Å²) in [5.41, 5.74) is -1.40. The molecule has 0 aliphatic carbocycles. The average Bonchev–Trinajstić information content (AvgIpc) is 2.82. The molecule has 0 aliphatic rings. The Labute approximate surface area is 106 Å². The molecule has 0 saturated carbocycles. The van der Waals surface area contributed by atoms with Crippen molar-refractivity contribution >= 4 is 5.97 Å². The summed E-state index contributed by atoms with van der Waals surface area (Å²) in [7, 11) is 0. The van der Waals surface area contributed by atoms with E-state index in [0.717, 1.165) is 0 Å². The summed E-state index contributed by atoms with van der Waals surface area (Å²) in [6.07, 6.45) is 0. The Morgan fingerprint density at radius 2 is 1.50 bits per heavy atom. The van der Waals surface area contributed by atoms with Crippen molar-refractivity contribution < 1.29 is 31.9 Å². The van der Waals surface area contributed by atoms with Gasteiger partial charge in [-0.05, 0) is 10.4 Å². The zero-order valence-electron chi connectivity index (χ0n) is 9.24. The zero-order chi connectivity index (χ0) is 15.0. The van der Waals surface area contributed by atoms with Gasteiger partial charge in [-0.2, -0.15) is 0 Å². The van der Waals surface area contributed by atoms with Crippen LogP contribution in [0.1, 0.15) is 0 Å². The Kier molecular flexibility index (Phi) is 3.34. The average molecular weight is 294 g/mol. The number of halogens is 5. The van der Waals surface area contributed by atoms with Gasteiger partial charge < -0.3 is 5.11 Å². The summed E-state index contributed by atoms with van der Waals surface area (Å²) >= 11 is 0. The van der Waals surface area contributed by atoms with Gasteiger partial charge in [-0.25, -0.2) is 26.6 Å². The summed E-state index contributed by atoms with van der Waals surface area (Å²) in [5.74, 6) is -13.3. The minimum atomic E-state index is -2.33. The number of nitrogens with zero attached hydrogens (tertiary/aromatic N) is 4. The highest BCUT2D eigenvalue weighted by Crippen LogP contribution is 2.29. The van der Waals surface area contributed by atoms with E-state index in [2.05, 4.69) is 15.5 Å². The van der Waals surface area contributed by atoms with Crippen LogP contribution < -0.4 is 0 Å². The summed E-state index contributed by atoms with van der Waals surface area (Å²) in [6, 6.07) is 0. The molecule has 0 spiro atoms. The van der Waals surface area contributed by atoms with E-state index in [-0.39, 0.29) is 0 Å². The number of aromatic nitrogens is 4. The second-order valence-corrected chi connectivity index (χ2v) is 3.50. The SMILES string of the molecule is O=C(O)Cn1nnnc1-c1c(F)c(F)c(F)c(F)c1F. The van der Waals surface area contributed by atoms with Gasteiger partial charge in [-0.3, -0.25) is 4.79 Å². The molecule has 0 saturated heterocycles. The van der Waals surface area contributed by atoms with Crippen molar-refractivity contribution in [1.82, 2.24) is 20.2 Å². The predicted molar refractivity (Wildman–Crippen MR) is 50.7 cm³/mol. The Morgan fingerprint density at radius 1 is 1.00 bits per heavy atom. The lowest BCUT2D eigenvalue weighted by atomic mass is 10.1. The normalized spacial score (nSPS) is 10.8. The van der Waals surface area contributed by atoms with E-state index in [4.69, 9.17) is 5.11 Å². The van der Waals surface area contributed by atoms with Crippen molar-refractivity contribution in [2.45, 2.75) is 6.54 Å². The third-order valence-electron chi connectivity index (χ3n) is 2.25. The minimum Gasteiger partial charge on any atom is -0.480 e. The summed E-state index contributed by atoms with van der Waals surface area (Å²) in [5, 5.41) is 17.7. The number of benzene rings is 1. The lowest BCUT2D eigenvalue weighted by Crippen LogP contribution is -2.14. The van der Waals surface area contributed by atoms with Crippen molar-refractivity contribution in [3.8, 4) is 11.4 Å². The molecule has 2 aromatic rings. The first-order valence-electron chi connectivity index (χ1n) is 4.84. The Morgan fingerprint density at radius 3 is 2.00 bits per heavy atom. The molecule has 0 radical (unpaired) electrons. The number of carboxylic acid groups (broad SMARTS) is 1. The van der Waals surface area contributed by atoms with Gasteiger partial charge in [0.1, 0.15) is 6.54 Å². The maximum absolute atomic E-state index is 13.5. The second-order valence-electron chi connectivity index (χ2n) is 3.50. The van der Waals surface area contributed by atoms with Crippen molar-refractivity contribution in [2.24, 2.45) is 0 Å². The molecule has 11 heteroatoms. The maximum atomic E-state index is 13.5. The topological polar surface area (TPSA) is 80.9 Å². The molecule has 0 unspecified atom stereocenters. The molecule has 0 amide bonds. The number of rotatable bonds is 3. The predicted octanol–water partition coefficient (Wildman–Crippen LogP) is 1.12. The van der Waals surface area contributed by atoms with Crippen molar-refractivity contribution in [1.29, 1.82) is 0 Å². The van der Waals surface area contributed by atoms with E-state index in [1.807, 2.05) is 0 Å². The molecule has 20 heavy (non-hydrogen) atoms. The number of hydrogen-bond donors (Lipinski definition) is 1. The van der Waals surface area contributed by atoms with Crippen LogP contribution in [0, 0.1) is 29.1 Å². The number of carboxylic acids is 1. The fraction of sp³-hybridized carbons (Fsp3) is 0.111. The van der Waals surface area contributed by atoms with E-state index in [9.17, 15) is 26.7 Å². The van der Waals surface area contributed by atoms with Crippen LogP contribution in [0.3, 0.4) is 0 Å². The molecule has 0 fully saturated rings. The van der Waals surface area contributed by atoms with E-state index in [1.54, 1.807) is 0 Å². The quantitative estimate of drug-likeness (QED) is 0.521. The van der Waals surface area contributed by atoms with Crippen LogP contribution in [0.4, 0.5) is 22.0 Å². The molecule has 0 atom stereocenters. The smallest absolute Gasteiger partial charge is 0.325 e. The highest BCUT2D eigenvalue weighted by molar-refractivity contribution is 5.68. The van der Waals surface area contributed by atoms with Crippen LogP contribution in [0.5, 0.6) is 0 Å². The van der Waals surface area contributed by atoms with Gasteiger partial charge in [-0.1, -0.05) is 0 Å². The van der Waals surface area contributed by atoms with Crippen LogP contribution in [-0.4, -0.2) is 31.3 Å². The lowest BCUT2D eigenvalue weighted by Gasteiger charge is -2.07. The Bertz CT molecular complexity index is 673. The van der Waals surface area contributed by atoms with Gasteiger partial charge in [0, 0.05) is 0 Å². The molecular weight excluding hydrogens is 291 g/mol. The second kappa shape index (κ2) is 4.83. The van der Waals surface area contributed by atoms with Gasteiger partial charge in [0.15, 0.2) is 29.1 Å². The monoisotopic (exact) mass is 294 g/mol. The Balaban J connectivity index is 2.71. The molecule has 106 valence electrons. The Hall–Kier alpha value is -2.59. The van der Waals surface area contributed by atoms with Gasteiger partial charge in [-0.15, -0.1) is 5.10 Å². The molecule has 1 heterocycles. The highest BCUT2D eigenvalue weighted by atomic mass is 19.2. The summed E-state index contributed by atoms with van der Waals surface area (Å²) in [6.45, 7) is -0.915. The molecular formula is C9H3F5N4O2. The molecule has 1 N–H and O–H groups in total. The number of carbonyl (C=O) groups is 1. The lowest BCUT2D eigenvalue weighted by molar-refractivity contribution is -0.137. The number of aliphatic carboxylic acids is 1. The summed E-state index contributed by atoms with van der Waals surface area (Å²) in [4.78, 5) is 10.5. The molecule has 0 aliphatic heterocycles. The number of hydrogen-bond acceptors (Lipinski definition) is 4. The van der Waals surface area contributed by atoms with Crippen molar-refractivity contribution in [3.05, 3.63) is 29.1 Å². The third kappa shape index (κ3) is 2.06. The zero-order valence-corrected chi connectivity index (χ0v) is 9.24. The largest absolute Gasteiger partial charge is 0.480 e. The van der Waals surface area contributed by atoms with Gasteiger partial charge in [0.2, 0.25) is 5.82 Å². The molecule has 0 bridgehead atoms. The highest BCUT2D eigenvalue weighted by Gasteiger charge is 2.29. The van der Waals surface area contributed by atoms with E-state index < -0.39 is 53.0 Å². The first kappa shape index (κ1) is 13.8. The van der Waals surface area contributed by atoms with Gasteiger partial charge in [0.25, 0.3) is 0 Å². The van der Waals surface area contributed by atoms with Gasteiger partial charge >= 0.3 is 5.97 Å².